The number of carboxylic acid groups (broad SMARTS) is 2. The van der Waals surface area contributed by atoms with Crippen LogP contribution in [0.4, 0.5) is 0 Å². The van der Waals surface area contributed by atoms with E-state index in [2.05, 4.69) is 29.8 Å². The summed E-state index contributed by atoms with van der Waals surface area (Å²) in [7, 11) is 3.37. The number of benzene rings is 2. The summed E-state index contributed by atoms with van der Waals surface area (Å²) >= 11 is 0. The molecule has 0 spiro atoms. The fraction of sp³-hybridized carbons (Fsp3) is 0.273. The second-order valence-corrected chi connectivity index (χ2v) is 15.8. The van der Waals surface area contributed by atoms with Crippen molar-refractivity contribution in [1.82, 2.24) is 10.6 Å². The van der Waals surface area contributed by atoms with E-state index in [1.54, 1.807) is 21.6 Å². The maximum Gasteiger partial charge on any atom is 0.346 e. The Balaban J connectivity index is 0.968. The SMILES string of the molecule is O=C(O)C=NCc1ccc(C=Cc2cc[n+](CCCC(=O)NCCSSCCNC(=O)CCC[n+]3ccc(C=Cc4ccc(CN=CC(=O)O)cc4)cc3)cc2)cc1. The van der Waals surface area contributed by atoms with Gasteiger partial charge in [-0.05, 0) is 33.4 Å². The van der Waals surface area contributed by atoms with E-state index in [4.69, 9.17) is 10.2 Å². The lowest BCUT2D eigenvalue weighted by atomic mass is 10.1. The van der Waals surface area contributed by atoms with Crippen LogP contribution in [0.5, 0.6) is 0 Å². The van der Waals surface area contributed by atoms with Crippen molar-refractivity contribution in [2.45, 2.75) is 51.9 Å². The molecule has 2 aromatic heterocycles. The monoisotopic (exact) mass is 822 g/mol. The Morgan fingerprint density at radius 2 is 0.879 bits per heavy atom. The lowest BCUT2D eigenvalue weighted by Gasteiger charge is -2.06. The molecule has 2 heterocycles. The summed E-state index contributed by atoms with van der Waals surface area (Å²) in [4.78, 5) is 53.4. The normalized spacial score (nSPS) is 11.5. The molecule has 0 fully saturated rings. The van der Waals surface area contributed by atoms with Gasteiger partial charge in [0.2, 0.25) is 11.8 Å². The quantitative estimate of drug-likeness (QED) is 0.0283. The molecule has 14 heteroatoms. The number of nitrogens with one attached hydrogen (secondary N) is 2. The summed E-state index contributed by atoms with van der Waals surface area (Å²) in [5, 5.41) is 23.3. The summed E-state index contributed by atoms with van der Waals surface area (Å²) < 4.78 is 4.13. The first kappa shape index (κ1) is 44.8. The van der Waals surface area contributed by atoms with Gasteiger partial charge in [-0.25, -0.2) is 18.7 Å². The van der Waals surface area contributed by atoms with Crippen LogP contribution in [-0.2, 0) is 45.4 Å². The van der Waals surface area contributed by atoms with Gasteiger partial charge >= 0.3 is 11.9 Å². The van der Waals surface area contributed by atoms with E-state index in [-0.39, 0.29) is 11.8 Å². The number of pyridine rings is 2. The number of aryl methyl sites for hydroxylation is 2. The van der Waals surface area contributed by atoms with Crippen LogP contribution in [-0.4, -0.2) is 71.0 Å². The topological polar surface area (TPSA) is 165 Å². The van der Waals surface area contributed by atoms with Gasteiger partial charge in [-0.1, -0.05) is 94.4 Å². The first-order chi connectivity index (χ1) is 28.2. The van der Waals surface area contributed by atoms with Crippen LogP contribution in [0, 0.1) is 0 Å². The summed E-state index contributed by atoms with van der Waals surface area (Å²) in [5.74, 6) is -0.412. The largest absolute Gasteiger partial charge is 0.477 e. The smallest absolute Gasteiger partial charge is 0.346 e. The highest BCUT2D eigenvalue weighted by Gasteiger charge is 2.07. The molecule has 0 bridgehead atoms. The van der Waals surface area contributed by atoms with Gasteiger partial charge in [0.1, 0.15) is 25.5 Å². The van der Waals surface area contributed by atoms with Gasteiger partial charge in [-0.15, -0.1) is 0 Å². The molecule has 58 heavy (non-hydrogen) atoms. The zero-order chi connectivity index (χ0) is 41.2. The molecule has 12 nitrogen and oxygen atoms in total. The first-order valence-corrected chi connectivity index (χ1v) is 21.5. The Bertz CT molecular complexity index is 1870. The zero-order valence-electron chi connectivity index (χ0n) is 32.3. The van der Waals surface area contributed by atoms with E-state index < -0.39 is 11.9 Å². The summed E-state index contributed by atoms with van der Waals surface area (Å²) in [5.41, 5.74) is 6.08. The van der Waals surface area contributed by atoms with Crippen LogP contribution in [0.3, 0.4) is 0 Å². The molecular formula is C44H50N6O6S2+2. The molecule has 0 radical (unpaired) electrons. The van der Waals surface area contributed by atoms with Crippen molar-refractivity contribution in [3.05, 3.63) is 131 Å². The highest BCUT2D eigenvalue weighted by Crippen LogP contribution is 2.19. The van der Waals surface area contributed by atoms with Crippen molar-refractivity contribution < 1.29 is 38.5 Å². The van der Waals surface area contributed by atoms with E-state index in [9.17, 15) is 19.2 Å². The van der Waals surface area contributed by atoms with E-state index in [0.29, 0.717) is 39.0 Å². The van der Waals surface area contributed by atoms with Gasteiger partial charge < -0.3 is 20.8 Å². The molecule has 302 valence electrons. The van der Waals surface area contributed by atoms with Crippen LogP contribution in [0.2, 0.25) is 0 Å². The molecule has 4 rings (SSSR count). The highest BCUT2D eigenvalue weighted by molar-refractivity contribution is 8.76. The molecule has 4 aromatic rings. The standard InChI is InChI=1S/C44H48N6O6S2/c51-41(3-1-23-49-25-17-37(18-26-49)7-5-35-9-13-39(14-10-35)31-45-33-43(53)54)47-21-29-57-58-30-22-48-42(52)4-2-24-50-27-19-38(20-28-50)8-6-36-11-15-40(16-12-36)32-46-34-44(55)56/h5-20,25-28,33-34H,1-4,21-24,29-32H2,(H2-2,47,48,51,52,53,54,55,56)/p+2. The number of aliphatic imine (C=N–C) groups is 2. The third-order valence-electron chi connectivity index (χ3n) is 8.42. The Morgan fingerprint density at radius 1 is 0.534 bits per heavy atom. The third-order valence-corrected chi connectivity index (χ3v) is 10.8. The molecule has 2 amide bonds. The zero-order valence-corrected chi connectivity index (χ0v) is 34.0. The molecule has 0 unspecified atom stereocenters. The molecule has 0 atom stereocenters. The number of rotatable bonds is 25. The van der Waals surface area contributed by atoms with Crippen LogP contribution < -0.4 is 19.8 Å². The lowest BCUT2D eigenvalue weighted by molar-refractivity contribution is -0.697. The lowest BCUT2D eigenvalue weighted by Crippen LogP contribution is -2.34. The minimum Gasteiger partial charge on any atom is -0.477 e. The Hall–Kier alpha value is -5.86. The second-order valence-electron chi connectivity index (χ2n) is 13.1. The number of aromatic nitrogens is 2. The summed E-state index contributed by atoms with van der Waals surface area (Å²) in [6.07, 6.45) is 20.4. The fourth-order valence-electron chi connectivity index (χ4n) is 5.37. The summed E-state index contributed by atoms with van der Waals surface area (Å²) in [6.45, 7) is 3.38. The van der Waals surface area contributed by atoms with Crippen LogP contribution >= 0.6 is 21.6 Å². The van der Waals surface area contributed by atoms with Crippen LogP contribution in [0.25, 0.3) is 24.3 Å². The maximum absolute atomic E-state index is 12.3. The van der Waals surface area contributed by atoms with Crippen molar-refractivity contribution >= 4 is 82.1 Å². The van der Waals surface area contributed by atoms with Gasteiger partial charge in [0.25, 0.3) is 0 Å². The predicted octanol–water partition coefficient (Wildman–Crippen LogP) is 5.79. The molecular weight excluding hydrogens is 773 g/mol. The van der Waals surface area contributed by atoms with E-state index in [0.717, 1.165) is 83.2 Å². The van der Waals surface area contributed by atoms with Crippen molar-refractivity contribution in [1.29, 1.82) is 0 Å². The van der Waals surface area contributed by atoms with Gasteiger partial charge in [-0.2, -0.15) is 0 Å². The van der Waals surface area contributed by atoms with E-state index in [1.165, 1.54) is 0 Å². The average molecular weight is 823 g/mol. The fourth-order valence-corrected chi connectivity index (χ4v) is 7.19. The number of hydrogen-bond acceptors (Lipinski definition) is 8. The van der Waals surface area contributed by atoms with Crippen molar-refractivity contribution in [3.8, 4) is 0 Å². The molecule has 0 aliphatic carbocycles. The predicted molar refractivity (Wildman–Crippen MR) is 233 cm³/mol. The Labute approximate surface area is 347 Å². The Kier molecular flexibility index (Phi) is 20.2. The first-order valence-electron chi connectivity index (χ1n) is 19.0. The number of nitrogens with zero attached hydrogens (tertiary/aromatic N) is 4. The molecule has 2 aromatic carbocycles. The Morgan fingerprint density at radius 3 is 1.22 bits per heavy atom. The van der Waals surface area contributed by atoms with Gasteiger partial charge in [0, 0.05) is 74.5 Å². The van der Waals surface area contributed by atoms with Crippen LogP contribution in [0.1, 0.15) is 59.1 Å². The number of amides is 2. The van der Waals surface area contributed by atoms with Gasteiger partial charge in [0.05, 0.1) is 13.1 Å². The number of carboxylic acids is 2. The molecule has 4 N–H and O–H groups in total. The van der Waals surface area contributed by atoms with Crippen LogP contribution in [0.15, 0.2) is 108 Å². The minimum atomic E-state index is -1.05. The van der Waals surface area contributed by atoms with Crippen molar-refractivity contribution in [2.24, 2.45) is 9.98 Å². The highest BCUT2D eigenvalue weighted by atomic mass is 33.1. The average Bonchev–Trinajstić information content (AvgIpc) is 3.22. The van der Waals surface area contributed by atoms with Gasteiger partial charge in [-0.3, -0.25) is 19.6 Å². The molecule has 0 aliphatic heterocycles. The number of carbonyl (C=O) groups excluding carboxylic acids is 2. The number of aliphatic carboxylic acids is 2. The maximum atomic E-state index is 12.3. The molecule has 0 aliphatic rings. The second kappa shape index (κ2) is 26.1. The molecule has 0 saturated heterocycles. The van der Waals surface area contributed by atoms with Crippen molar-refractivity contribution in [2.75, 3.05) is 24.6 Å². The number of carbonyl (C=O) groups is 4. The third kappa shape index (κ3) is 19.3. The summed E-state index contributed by atoms with van der Waals surface area (Å²) in [6, 6.07) is 23.7. The number of hydrogen-bond donors (Lipinski definition) is 4. The van der Waals surface area contributed by atoms with Crippen molar-refractivity contribution in [3.63, 3.8) is 0 Å². The van der Waals surface area contributed by atoms with Gasteiger partial charge in [0.15, 0.2) is 24.8 Å². The minimum absolute atomic E-state index is 0.0477. The molecule has 0 saturated carbocycles. The van der Waals surface area contributed by atoms with E-state index >= 15 is 0 Å². The van der Waals surface area contributed by atoms with E-state index in [1.807, 2.05) is 122 Å².